The summed E-state index contributed by atoms with van der Waals surface area (Å²) in [5.74, 6) is -1.22. The molecule has 3 aliphatic rings. The van der Waals surface area contributed by atoms with Crippen LogP contribution in [0.15, 0.2) is 30.6 Å². The number of rotatable bonds is 9. The van der Waals surface area contributed by atoms with E-state index in [2.05, 4.69) is 30.1 Å². The maximum Gasteiger partial charge on any atom is 0.201 e. The van der Waals surface area contributed by atoms with Crippen molar-refractivity contribution in [2.45, 2.75) is 44.0 Å². The molecular formula is C29H33ClF2N8O3. The molecule has 1 atom stereocenters. The number of ether oxygens (including phenoxy) is 3. The van der Waals surface area contributed by atoms with Gasteiger partial charge in [0, 0.05) is 57.0 Å². The predicted molar refractivity (Wildman–Crippen MR) is 153 cm³/mol. The first-order valence-corrected chi connectivity index (χ1v) is 14.9. The quantitative estimate of drug-likeness (QED) is 0.280. The van der Waals surface area contributed by atoms with Gasteiger partial charge in [-0.3, -0.25) is 19.2 Å². The molecular weight excluding hydrogens is 582 g/mol. The monoisotopic (exact) mass is 614 g/mol. The Kier molecular flexibility index (Phi) is 7.76. The number of piperazine rings is 1. The molecule has 0 bridgehead atoms. The molecule has 14 heteroatoms. The molecule has 1 aliphatic carbocycles. The third-order valence-corrected chi connectivity index (χ3v) is 9.24. The summed E-state index contributed by atoms with van der Waals surface area (Å²) in [6, 6.07) is 5.92. The molecule has 0 amide bonds. The highest BCUT2D eigenvalue weighted by molar-refractivity contribution is 6.29. The van der Waals surface area contributed by atoms with Crippen molar-refractivity contribution in [1.82, 2.24) is 39.2 Å². The normalized spacial score (nSPS) is 22.4. The molecule has 2 saturated heterocycles. The summed E-state index contributed by atoms with van der Waals surface area (Å²) < 4.78 is 48.3. The molecule has 0 radical (unpaired) electrons. The molecule has 7 rings (SSSR count). The average molecular weight is 615 g/mol. The van der Waals surface area contributed by atoms with Crippen LogP contribution in [-0.4, -0.2) is 104 Å². The number of hydrogen-bond donors (Lipinski definition) is 0. The van der Waals surface area contributed by atoms with Crippen LogP contribution in [0, 0.1) is 18.6 Å². The van der Waals surface area contributed by atoms with Gasteiger partial charge in [-0.15, -0.1) is 5.10 Å². The number of hydrogen-bond acceptors (Lipinski definition) is 9. The van der Waals surface area contributed by atoms with Crippen molar-refractivity contribution in [2.24, 2.45) is 0 Å². The van der Waals surface area contributed by atoms with Crippen LogP contribution in [0.4, 0.5) is 8.78 Å². The topological polar surface area (TPSA) is 95.1 Å². The molecule has 4 aromatic rings. The molecule has 1 saturated carbocycles. The Bertz CT molecular complexity index is 1610. The lowest BCUT2D eigenvalue weighted by Crippen LogP contribution is -2.59. The van der Waals surface area contributed by atoms with E-state index in [1.165, 1.54) is 13.3 Å². The van der Waals surface area contributed by atoms with Crippen LogP contribution in [0.2, 0.25) is 5.15 Å². The summed E-state index contributed by atoms with van der Waals surface area (Å²) in [6.45, 7) is 8.06. The second-order valence-corrected chi connectivity index (χ2v) is 11.8. The highest BCUT2D eigenvalue weighted by Crippen LogP contribution is 2.38. The number of methoxy groups -OCH3 is 1. The van der Waals surface area contributed by atoms with Gasteiger partial charge in [-0.2, -0.15) is 0 Å². The second-order valence-electron chi connectivity index (χ2n) is 11.4. The van der Waals surface area contributed by atoms with Crippen LogP contribution in [0.5, 0.6) is 5.88 Å². The van der Waals surface area contributed by atoms with Gasteiger partial charge in [0.1, 0.15) is 46.5 Å². The van der Waals surface area contributed by atoms with E-state index >= 15 is 0 Å². The third kappa shape index (κ3) is 5.37. The summed E-state index contributed by atoms with van der Waals surface area (Å²) in [5.41, 5.74) is 2.95. The van der Waals surface area contributed by atoms with Crippen LogP contribution in [0.1, 0.15) is 36.4 Å². The minimum Gasteiger partial charge on any atom is -0.475 e. The summed E-state index contributed by atoms with van der Waals surface area (Å²) in [5, 5.41) is 9.43. The lowest BCUT2D eigenvalue weighted by molar-refractivity contribution is -0.0842. The lowest BCUT2D eigenvalue weighted by Gasteiger charge is -2.48. The first-order chi connectivity index (χ1) is 20.9. The van der Waals surface area contributed by atoms with Gasteiger partial charge in [0.2, 0.25) is 5.88 Å². The van der Waals surface area contributed by atoms with Gasteiger partial charge in [-0.05, 0) is 25.8 Å². The molecule has 228 valence electrons. The van der Waals surface area contributed by atoms with E-state index in [4.69, 9.17) is 25.8 Å². The number of nitrogens with zero attached hydrogens (tertiary/aromatic N) is 8. The largest absolute Gasteiger partial charge is 0.475 e. The Morgan fingerprint density at radius 3 is 2.42 bits per heavy atom. The van der Waals surface area contributed by atoms with Crippen molar-refractivity contribution in [3.8, 4) is 17.1 Å². The van der Waals surface area contributed by atoms with E-state index in [0.717, 1.165) is 81.4 Å². The Hall–Kier alpha value is -3.23. The van der Waals surface area contributed by atoms with Crippen molar-refractivity contribution in [3.63, 3.8) is 0 Å². The average Bonchev–Trinajstić information content (AvgIpc) is 3.51. The van der Waals surface area contributed by atoms with Crippen molar-refractivity contribution < 1.29 is 23.0 Å². The van der Waals surface area contributed by atoms with Gasteiger partial charge < -0.3 is 14.2 Å². The van der Waals surface area contributed by atoms with Crippen LogP contribution in [-0.2, 0) is 9.47 Å². The predicted octanol–water partition coefficient (Wildman–Crippen LogP) is 3.71. The summed E-state index contributed by atoms with van der Waals surface area (Å²) in [4.78, 5) is 13.4. The molecule has 0 spiro atoms. The zero-order valence-electron chi connectivity index (χ0n) is 24.0. The number of pyridine rings is 2. The maximum atomic E-state index is 14.4. The van der Waals surface area contributed by atoms with Crippen LogP contribution >= 0.6 is 11.6 Å². The van der Waals surface area contributed by atoms with Crippen molar-refractivity contribution in [1.29, 1.82) is 0 Å². The maximum absolute atomic E-state index is 14.4. The summed E-state index contributed by atoms with van der Waals surface area (Å²) in [7, 11) is 1.41. The zero-order chi connectivity index (χ0) is 29.7. The molecule has 1 unspecified atom stereocenters. The summed E-state index contributed by atoms with van der Waals surface area (Å²) in [6.07, 6.45) is 3.68. The molecule has 43 heavy (non-hydrogen) atoms. The second kappa shape index (κ2) is 11.7. The van der Waals surface area contributed by atoms with Crippen LogP contribution in [0.25, 0.3) is 16.9 Å². The zero-order valence-corrected chi connectivity index (χ0v) is 24.8. The molecule has 2 aliphatic heterocycles. The Labute approximate surface area is 252 Å². The fourth-order valence-corrected chi connectivity index (χ4v) is 6.50. The third-order valence-electron chi connectivity index (χ3n) is 8.98. The minimum absolute atomic E-state index is 0.0551. The van der Waals surface area contributed by atoms with E-state index in [0.29, 0.717) is 34.8 Å². The Balaban J connectivity index is 1.06. The van der Waals surface area contributed by atoms with E-state index in [9.17, 15) is 8.78 Å². The van der Waals surface area contributed by atoms with Gasteiger partial charge in [0.15, 0.2) is 0 Å². The lowest BCUT2D eigenvalue weighted by atomic mass is 9.85. The Morgan fingerprint density at radius 1 is 1.00 bits per heavy atom. The van der Waals surface area contributed by atoms with Crippen molar-refractivity contribution in [2.75, 3.05) is 53.1 Å². The van der Waals surface area contributed by atoms with Crippen LogP contribution in [0.3, 0.4) is 0 Å². The van der Waals surface area contributed by atoms with E-state index < -0.39 is 17.7 Å². The van der Waals surface area contributed by atoms with Gasteiger partial charge >= 0.3 is 0 Å². The van der Waals surface area contributed by atoms with Gasteiger partial charge in [-0.25, -0.2) is 18.4 Å². The number of halogens is 3. The molecule has 11 nitrogen and oxygen atoms in total. The number of aromatic nitrogens is 6. The molecule has 3 fully saturated rings. The van der Waals surface area contributed by atoms with E-state index in [-0.39, 0.29) is 12.3 Å². The fraction of sp³-hybridized carbons (Fsp3) is 0.517. The van der Waals surface area contributed by atoms with Gasteiger partial charge in [-0.1, -0.05) is 16.8 Å². The van der Waals surface area contributed by atoms with Gasteiger partial charge in [0.05, 0.1) is 43.4 Å². The Morgan fingerprint density at radius 2 is 1.74 bits per heavy atom. The van der Waals surface area contributed by atoms with Crippen molar-refractivity contribution in [3.05, 3.63) is 58.8 Å². The highest BCUT2D eigenvalue weighted by Gasteiger charge is 2.39. The van der Waals surface area contributed by atoms with Crippen molar-refractivity contribution >= 4 is 17.2 Å². The van der Waals surface area contributed by atoms with E-state index in [1.54, 1.807) is 10.5 Å². The highest BCUT2D eigenvalue weighted by atomic mass is 35.5. The molecule has 6 heterocycles. The SMILES string of the molecule is COC(COc1cc(-c2nnn([C@H]3C[C@H](N4CCN(C5COC5)CC4)C3)c2C)cc2ncc(Cl)n12)c1ncc(F)cc1F. The summed E-state index contributed by atoms with van der Waals surface area (Å²) >= 11 is 6.43. The first-order valence-electron chi connectivity index (χ1n) is 14.5. The minimum atomic E-state index is -0.883. The number of imidazole rings is 1. The fourth-order valence-electron chi connectivity index (χ4n) is 6.28. The molecule has 0 N–H and O–H groups in total. The molecule has 4 aromatic heterocycles. The standard InChI is InChI=1S/C29H33ClF2N8O3/c1-17-28(35-36-40(17)21-10-20(11-21)37-3-5-38(6-4-37)22-14-42-15-22)18-7-26-33-13-25(30)39(26)27(8-18)43-16-24(41-2)29-23(32)9-19(31)12-34-29/h7-9,12-13,20-22,24H,3-6,10-11,14-16H2,1-2H3/t20-,21-,24?. The first kappa shape index (κ1) is 28.5. The smallest absolute Gasteiger partial charge is 0.201 e. The molecule has 0 aromatic carbocycles. The van der Waals surface area contributed by atoms with Gasteiger partial charge in [0.25, 0.3) is 0 Å². The van der Waals surface area contributed by atoms with Crippen LogP contribution < -0.4 is 4.74 Å². The van der Waals surface area contributed by atoms with E-state index in [1.807, 2.05) is 17.7 Å². The number of fused-ring (bicyclic) bond motifs is 1.